The van der Waals surface area contributed by atoms with Crippen molar-refractivity contribution in [3.8, 4) is 0 Å². The Kier molecular flexibility index (Phi) is 7.24. The van der Waals surface area contributed by atoms with Crippen molar-refractivity contribution in [2.24, 2.45) is 11.8 Å². The number of hydrogen-bond donors (Lipinski definition) is 1. The first-order chi connectivity index (χ1) is 11.5. The summed E-state index contributed by atoms with van der Waals surface area (Å²) in [5.74, 6) is -0.206. The van der Waals surface area contributed by atoms with Gasteiger partial charge in [0.25, 0.3) is 5.91 Å². The van der Waals surface area contributed by atoms with Crippen molar-refractivity contribution in [1.82, 2.24) is 9.80 Å². The lowest BCUT2D eigenvalue weighted by Crippen LogP contribution is -2.45. The summed E-state index contributed by atoms with van der Waals surface area (Å²) in [7, 11) is 0. The van der Waals surface area contributed by atoms with Crippen LogP contribution in [0.25, 0.3) is 0 Å². The predicted octanol–water partition coefficient (Wildman–Crippen LogP) is 3.03. The van der Waals surface area contributed by atoms with E-state index in [1.165, 1.54) is 11.3 Å². The van der Waals surface area contributed by atoms with Gasteiger partial charge in [-0.2, -0.15) is 0 Å². The fraction of sp³-hybridized carbons (Fsp3) is 0.667. The van der Waals surface area contributed by atoms with Crippen molar-refractivity contribution in [2.75, 3.05) is 32.7 Å². The molecule has 0 aromatic carbocycles. The molecule has 1 saturated heterocycles. The molecule has 0 unspecified atom stereocenters. The maximum Gasteiger partial charge on any atom is 0.303 e. The molecule has 6 heteroatoms. The van der Waals surface area contributed by atoms with Crippen LogP contribution in [0.15, 0.2) is 17.5 Å². The highest BCUT2D eigenvalue weighted by Gasteiger charge is 2.33. The quantitative estimate of drug-likeness (QED) is 0.781. The highest BCUT2D eigenvalue weighted by atomic mass is 32.1. The largest absolute Gasteiger partial charge is 0.481 e. The van der Waals surface area contributed by atoms with E-state index < -0.39 is 5.97 Å². The number of hydrogen-bond acceptors (Lipinski definition) is 4. The third-order valence-corrected chi connectivity index (χ3v) is 5.92. The van der Waals surface area contributed by atoms with Gasteiger partial charge in [0.05, 0.1) is 4.88 Å². The Morgan fingerprint density at radius 3 is 2.67 bits per heavy atom. The van der Waals surface area contributed by atoms with Gasteiger partial charge in [0.1, 0.15) is 0 Å². The van der Waals surface area contributed by atoms with E-state index in [9.17, 15) is 14.7 Å². The van der Waals surface area contributed by atoms with Gasteiger partial charge < -0.3 is 14.9 Å². The van der Waals surface area contributed by atoms with Gasteiger partial charge in [0.15, 0.2) is 0 Å². The lowest BCUT2D eigenvalue weighted by atomic mass is 9.81. The topological polar surface area (TPSA) is 60.9 Å². The van der Waals surface area contributed by atoms with E-state index in [1.807, 2.05) is 22.4 Å². The molecule has 2 atom stereocenters. The summed E-state index contributed by atoms with van der Waals surface area (Å²) in [5, 5.41) is 11.1. The number of rotatable bonds is 8. The molecule has 1 aromatic rings. The molecule has 1 aliphatic rings. The second-order valence-electron chi connectivity index (χ2n) is 6.45. The van der Waals surface area contributed by atoms with Crippen LogP contribution < -0.4 is 0 Å². The molecule has 2 heterocycles. The molecule has 2 rings (SSSR count). The minimum Gasteiger partial charge on any atom is -0.481 e. The number of carbonyl (C=O) groups is 2. The van der Waals surface area contributed by atoms with E-state index in [0.29, 0.717) is 13.1 Å². The van der Waals surface area contributed by atoms with Crippen LogP contribution >= 0.6 is 11.3 Å². The Bertz CT molecular complexity index is 528. The van der Waals surface area contributed by atoms with Gasteiger partial charge in [-0.25, -0.2) is 0 Å². The van der Waals surface area contributed by atoms with E-state index in [-0.39, 0.29) is 24.2 Å². The first-order valence-corrected chi connectivity index (χ1v) is 9.70. The van der Waals surface area contributed by atoms with Gasteiger partial charge in [-0.15, -0.1) is 11.3 Å². The van der Waals surface area contributed by atoms with Crippen molar-refractivity contribution < 1.29 is 14.7 Å². The van der Waals surface area contributed by atoms with Crippen molar-refractivity contribution in [2.45, 2.75) is 33.1 Å². The van der Waals surface area contributed by atoms with Crippen LogP contribution in [0.3, 0.4) is 0 Å². The number of thiophene rings is 1. The summed E-state index contributed by atoms with van der Waals surface area (Å²) in [6.45, 7) is 8.61. The van der Waals surface area contributed by atoms with E-state index in [0.717, 1.165) is 37.4 Å². The number of piperidine rings is 1. The van der Waals surface area contributed by atoms with Crippen LogP contribution in [0.4, 0.5) is 0 Å². The fourth-order valence-electron chi connectivity index (χ4n) is 3.53. The number of aliphatic carboxylic acids is 1. The molecule has 1 fully saturated rings. The highest BCUT2D eigenvalue weighted by Crippen LogP contribution is 2.30. The normalized spacial score (nSPS) is 21.2. The van der Waals surface area contributed by atoms with Crippen LogP contribution in [0, 0.1) is 11.8 Å². The molecule has 5 nitrogen and oxygen atoms in total. The number of carbonyl (C=O) groups excluding carboxylic acids is 1. The van der Waals surface area contributed by atoms with Crippen molar-refractivity contribution in [3.05, 3.63) is 22.4 Å². The third kappa shape index (κ3) is 5.05. The molecule has 1 aliphatic heterocycles. The Labute approximate surface area is 148 Å². The number of carboxylic acids is 1. The molecule has 0 saturated carbocycles. The summed E-state index contributed by atoms with van der Waals surface area (Å²) >= 11 is 1.47. The summed E-state index contributed by atoms with van der Waals surface area (Å²) < 4.78 is 0. The minimum atomic E-state index is -0.731. The average Bonchev–Trinajstić information content (AvgIpc) is 3.10. The molecule has 1 amide bonds. The van der Waals surface area contributed by atoms with E-state index >= 15 is 0 Å². The summed E-state index contributed by atoms with van der Waals surface area (Å²) in [6.07, 6.45) is 1.95. The summed E-state index contributed by atoms with van der Waals surface area (Å²) in [4.78, 5) is 28.8. The number of amides is 1. The third-order valence-electron chi connectivity index (χ3n) is 5.06. The molecule has 24 heavy (non-hydrogen) atoms. The molecule has 0 radical (unpaired) electrons. The first kappa shape index (κ1) is 18.9. The second-order valence-corrected chi connectivity index (χ2v) is 7.40. The van der Waals surface area contributed by atoms with Crippen LogP contribution in [0.1, 0.15) is 42.8 Å². The standard InChI is InChI=1S/C18H28N2O3S/c1-3-19(4-2)9-7-15-13-20(10-8-14(15)12-17(21)22)18(23)16-6-5-11-24-16/h5-6,11,14-15H,3-4,7-10,12-13H2,1-2H3,(H,21,22)/t14-,15+/m0/s1. The Hall–Kier alpha value is -1.40. The van der Waals surface area contributed by atoms with Crippen LogP contribution in [-0.2, 0) is 4.79 Å². The van der Waals surface area contributed by atoms with Gasteiger partial charge in [0.2, 0.25) is 0 Å². The number of nitrogens with zero attached hydrogens (tertiary/aromatic N) is 2. The molecule has 1 aromatic heterocycles. The van der Waals surface area contributed by atoms with Gasteiger partial charge >= 0.3 is 5.97 Å². The predicted molar refractivity (Wildman–Crippen MR) is 96.5 cm³/mol. The SMILES string of the molecule is CCN(CC)CC[C@@H]1CN(C(=O)c2cccs2)CC[C@H]1CC(=O)O. The smallest absolute Gasteiger partial charge is 0.303 e. The van der Waals surface area contributed by atoms with Crippen molar-refractivity contribution >= 4 is 23.2 Å². The van der Waals surface area contributed by atoms with Crippen molar-refractivity contribution in [3.63, 3.8) is 0 Å². The summed E-state index contributed by atoms with van der Waals surface area (Å²) in [5.41, 5.74) is 0. The van der Waals surface area contributed by atoms with Gasteiger partial charge in [-0.05, 0) is 55.8 Å². The lowest BCUT2D eigenvalue weighted by Gasteiger charge is -2.38. The maximum absolute atomic E-state index is 12.6. The first-order valence-electron chi connectivity index (χ1n) is 8.82. The fourth-order valence-corrected chi connectivity index (χ4v) is 4.22. The number of likely N-dealkylation sites (tertiary alicyclic amines) is 1. The minimum absolute atomic E-state index is 0.0895. The molecule has 134 valence electrons. The van der Waals surface area contributed by atoms with Crippen molar-refractivity contribution in [1.29, 1.82) is 0 Å². The van der Waals surface area contributed by atoms with Gasteiger partial charge in [-0.1, -0.05) is 19.9 Å². The molecule has 0 spiro atoms. The van der Waals surface area contributed by atoms with E-state index in [4.69, 9.17) is 0 Å². The van der Waals surface area contributed by atoms with Gasteiger partial charge in [0, 0.05) is 19.5 Å². The van der Waals surface area contributed by atoms with E-state index in [2.05, 4.69) is 18.7 Å². The van der Waals surface area contributed by atoms with Crippen LogP contribution in [-0.4, -0.2) is 59.5 Å². The monoisotopic (exact) mass is 352 g/mol. The van der Waals surface area contributed by atoms with Crippen LogP contribution in [0.5, 0.6) is 0 Å². The Morgan fingerprint density at radius 2 is 2.08 bits per heavy atom. The second kappa shape index (κ2) is 9.18. The maximum atomic E-state index is 12.6. The number of carboxylic acid groups (broad SMARTS) is 1. The zero-order valence-electron chi connectivity index (χ0n) is 14.6. The molecule has 1 N–H and O–H groups in total. The summed E-state index contributed by atoms with van der Waals surface area (Å²) in [6, 6.07) is 3.76. The van der Waals surface area contributed by atoms with Gasteiger partial charge in [-0.3, -0.25) is 9.59 Å². The van der Waals surface area contributed by atoms with Crippen LogP contribution in [0.2, 0.25) is 0 Å². The molecular formula is C18H28N2O3S. The lowest BCUT2D eigenvalue weighted by molar-refractivity contribution is -0.139. The zero-order valence-corrected chi connectivity index (χ0v) is 15.4. The van der Waals surface area contributed by atoms with E-state index in [1.54, 1.807) is 0 Å². The Morgan fingerprint density at radius 1 is 1.33 bits per heavy atom. The highest BCUT2D eigenvalue weighted by molar-refractivity contribution is 7.12. The molecule has 0 bridgehead atoms. The average molecular weight is 353 g/mol. The molecule has 0 aliphatic carbocycles. The zero-order chi connectivity index (χ0) is 17.5. The Balaban J connectivity index is 2.01. The molecular weight excluding hydrogens is 324 g/mol.